The lowest BCUT2D eigenvalue weighted by Crippen LogP contribution is -2.53. The molecule has 642 valence electrons. The summed E-state index contributed by atoms with van der Waals surface area (Å²) in [7, 11) is -11.4. The maximum atomic E-state index is 13.1. The second-order valence-corrected chi connectivity index (χ2v) is 43.7. The molecule has 0 radical (unpaired) electrons. The van der Waals surface area contributed by atoms with Crippen molar-refractivity contribution in [1.82, 2.24) is 14.2 Å². The van der Waals surface area contributed by atoms with Crippen LogP contribution in [0.15, 0.2) is 146 Å². The fraction of sp³-hybridized carbons (Fsp3) is 0.516. The van der Waals surface area contributed by atoms with Gasteiger partial charge in [-0.2, -0.15) is 0 Å². The monoisotopic (exact) mass is 1750 g/mol. The number of hydrogen-bond donors (Lipinski definition) is 6. The number of sulfonamides is 3. The van der Waals surface area contributed by atoms with Crippen LogP contribution in [0.3, 0.4) is 0 Å². The molecule has 0 saturated heterocycles. The fourth-order valence-electron chi connectivity index (χ4n) is 21.5. The van der Waals surface area contributed by atoms with Gasteiger partial charge < -0.3 is 44.2 Å². The first-order valence-electron chi connectivity index (χ1n) is 42.8. The molecule has 0 aromatic heterocycles. The smallest absolute Gasteiger partial charge is 0.264 e. The summed E-state index contributed by atoms with van der Waals surface area (Å²) in [4.78, 5) is 46.3. The van der Waals surface area contributed by atoms with Crippen LogP contribution in [0.5, 0.6) is 17.2 Å². The average Bonchev–Trinajstić information content (AvgIpc) is 1.54. The van der Waals surface area contributed by atoms with E-state index in [1.54, 1.807) is 72.8 Å². The maximum Gasteiger partial charge on any atom is 0.264 e. The van der Waals surface area contributed by atoms with Crippen molar-refractivity contribution in [3.05, 3.63) is 211 Å². The van der Waals surface area contributed by atoms with Crippen LogP contribution in [0.25, 0.3) is 0 Å². The summed E-state index contributed by atoms with van der Waals surface area (Å²) >= 11 is 19.1. The second kappa shape index (κ2) is 34.1. The highest BCUT2D eigenvalue weighted by Gasteiger charge is 2.54. The van der Waals surface area contributed by atoms with Gasteiger partial charge in [-0.1, -0.05) is 110 Å². The van der Waals surface area contributed by atoms with Gasteiger partial charge in [0, 0.05) is 87.3 Å². The van der Waals surface area contributed by atoms with E-state index in [2.05, 4.69) is 86.0 Å². The van der Waals surface area contributed by atoms with Crippen molar-refractivity contribution >= 4 is 99.7 Å². The van der Waals surface area contributed by atoms with Crippen molar-refractivity contribution in [2.75, 3.05) is 91.0 Å². The van der Waals surface area contributed by atoms with Crippen LogP contribution in [0.4, 0.5) is 17.1 Å². The maximum absolute atomic E-state index is 13.1. The Morgan fingerprint density at radius 2 is 0.667 bits per heavy atom. The molecule has 21 nitrogen and oxygen atoms in total. The molecule has 6 aromatic rings. The van der Waals surface area contributed by atoms with Gasteiger partial charge in [-0.15, -0.1) is 0 Å². The molecule has 6 heterocycles. The van der Waals surface area contributed by atoms with Crippen molar-refractivity contribution in [1.29, 1.82) is 0 Å². The van der Waals surface area contributed by atoms with Crippen LogP contribution in [0.2, 0.25) is 15.1 Å². The van der Waals surface area contributed by atoms with Gasteiger partial charge in [0.05, 0.1) is 72.5 Å². The lowest BCUT2D eigenvalue weighted by Gasteiger charge is -2.52. The normalized spacial score (nSPS) is 32.5. The summed E-state index contributed by atoms with van der Waals surface area (Å²) in [6.07, 6.45) is 26.4. The molecule has 6 aliphatic carbocycles. The minimum Gasteiger partial charge on any atom is -0.490 e. The third kappa shape index (κ3) is 17.5. The highest BCUT2D eigenvalue weighted by molar-refractivity contribution is 7.90. The molecular weight excluding hydrogens is 1640 g/mol. The number of allylic oxidation sites excluding steroid dienone is 3. The number of carbonyl (C=O) groups excluding carboxylic acids is 3. The Bertz CT molecular complexity index is 4900. The number of carbonyl (C=O) groups is 3. The molecule has 3 amide bonds. The number of ether oxygens (including phenoxy) is 3. The van der Waals surface area contributed by atoms with Gasteiger partial charge in [-0.25, -0.2) is 39.4 Å². The van der Waals surface area contributed by atoms with Crippen LogP contribution in [-0.2, 0) is 65.6 Å². The molecule has 12 atom stereocenters. The zero-order valence-corrected chi connectivity index (χ0v) is 73.3. The molecule has 3 spiro atoms. The van der Waals surface area contributed by atoms with Crippen LogP contribution in [0.1, 0.15) is 201 Å². The van der Waals surface area contributed by atoms with E-state index in [4.69, 9.17) is 49.0 Å². The summed E-state index contributed by atoms with van der Waals surface area (Å²) in [5.41, 5.74) is 9.22. The Balaban J connectivity index is 0.000000134. The minimum atomic E-state index is -3.81. The Labute approximate surface area is 721 Å². The predicted octanol–water partition coefficient (Wildman–Crippen LogP) is 15.0. The number of fused-ring (bicyclic) bond motifs is 12. The molecule has 6 aromatic carbocycles. The number of nitrogens with one attached hydrogen (secondary N) is 3. The van der Waals surface area contributed by atoms with Gasteiger partial charge >= 0.3 is 0 Å². The molecule has 12 aliphatic rings. The Kier molecular flexibility index (Phi) is 24.4. The van der Waals surface area contributed by atoms with E-state index in [-0.39, 0.29) is 103 Å². The van der Waals surface area contributed by atoms with E-state index in [0.29, 0.717) is 95.6 Å². The third-order valence-corrected chi connectivity index (χ3v) is 33.9. The molecule has 6 N–H and O–H groups in total. The van der Waals surface area contributed by atoms with Gasteiger partial charge in [0.2, 0.25) is 30.1 Å². The van der Waals surface area contributed by atoms with Crippen molar-refractivity contribution in [3.8, 4) is 17.2 Å². The van der Waals surface area contributed by atoms with E-state index in [1.165, 1.54) is 33.4 Å². The van der Waals surface area contributed by atoms with Crippen molar-refractivity contribution in [2.45, 2.75) is 190 Å². The van der Waals surface area contributed by atoms with E-state index >= 15 is 0 Å². The highest BCUT2D eigenvalue weighted by atomic mass is 35.5. The first kappa shape index (κ1) is 85.9. The van der Waals surface area contributed by atoms with Gasteiger partial charge in [0.25, 0.3) is 17.7 Å². The molecule has 6 bridgehead atoms. The number of rotatable bonds is 0. The molecule has 6 aliphatic heterocycles. The average molecular weight is 1760 g/mol. The van der Waals surface area contributed by atoms with Gasteiger partial charge in [0.1, 0.15) is 17.2 Å². The molecule has 0 unspecified atom stereocenters. The zero-order valence-electron chi connectivity index (χ0n) is 68.6. The zero-order chi connectivity index (χ0) is 84.4. The molecular formula is C93H111Cl3N6O15S3. The second-order valence-electron chi connectivity index (χ2n) is 36.9. The molecule has 27 heteroatoms. The van der Waals surface area contributed by atoms with Gasteiger partial charge in [-0.3, -0.25) is 14.4 Å². The standard InChI is InChI=1S/3C31H37ClN2O5S/c3*1-30-14-12-23(30)18-34-19-31(13-5-6-21-16-24(32)9-10-25(21)31)20-39-27-11-8-22(17-26(27)34)29(36)33-40(37,38)15-4-2-3-7-28(30)35/h3*2-3,8-11,16-17,23,28,35H,4-7,12-15,18-20H2,1H3,(H,33,36)/b2*3-2+;3-2-/t23-,28+,30+,31+;2*23-,28-,30+,31+/m111/s1. The van der Waals surface area contributed by atoms with E-state index in [1.807, 2.05) is 36.4 Å². The Hall–Kier alpha value is -7.65. The molecule has 120 heavy (non-hydrogen) atoms. The van der Waals surface area contributed by atoms with Crippen LogP contribution in [-0.4, -0.2) is 153 Å². The highest BCUT2D eigenvalue weighted by Crippen LogP contribution is 2.57. The van der Waals surface area contributed by atoms with E-state index in [9.17, 15) is 55.0 Å². The van der Waals surface area contributed by atoms with Crippen LogP contribution < -0.4 is 43.1 Å². The molecule has 18 rings (SSSR count). The van der Waals surface area contributed by atoms with E-state index < -0.39 is 66.1 Å². The predicted molar refractivity (Wildman–Crippen MR) is 470 cm³/mol. The van der Waals surface area contributed by atoms with Crippen LogP contribution >= 0.6 is 34.8 Å². The van der Waals surface area contributed by atoms with Crippen molar-refractivity contribution in [2.24, 2.45) is 34.0 Å². The number of hydrogen-bond acceptors (Lipinski definition) is 18. The SMILES string of the molecule is C[C@]12CC[C@@H]1CN1C[C@@]3(CCCc4cc(Cl)ccc43)COc3ccc(cc31)C(=O)NS(=O)(=O)CC/C=C/C[C@@H]2O.C[C@]12CC[C@@H]1CN1C[C@@]3(CCCc4cc(Cl)ccc43)COc3ccc(cc31)C(=O)NS(=O)(=O)CC/C=C/C[C@H]2O.C[C@]12CC[C@@H]1CN1C[C@@]3(CCCc4cc(Cl)ccc43)COc3ccc(cc31)C(=O)NS(=O)(=O)CC/C=C\C[C@H]2O. The van der Waals surface area contributed by atoms with Gasteiger partial charge in [0.15, 0.2) is 0 Å². The topological polar surface area (TPSA) is 288 Å². The van der Waals surface area contributed by atoms with Crippen molar-refractivity contribution < 1.29 is 69.2 Å². The number of benzene rings is 6. The van der Waals surface area contributed by atoms with E-state index in [0.717, 1.165) is 128 Å². The first-order valence-corrected chi connectivity index (χ1v) is 48.9. The summed E-state index contributed by atoms with van der Waals surface area (Å²) in [5, 5.41) is 35.9. The number of aliphatic hydroxyl groups is 3. The number of nitrogens with zero attached hydrogens (tertiary/aromatic N) is 3. The van der Waals surface area contributed by atoms with Crippen molar-refractivity contribution in [3.63, 3.8) is 0 Å². The quantitative estimate of drug-likeness (QED) is 0.0771. The Morgan fingerprint density at radius 3 is 0.933 bits per heavy atom. The number of halogens is 3. The molecule has 3 fully saturated rings. The largest absolute Gasteiger partial charge is 0.490 e. The van der Waals surface area contributed by atoms with Crippen LogP contribution in [0, 0.1) is 34.0 Å². The molecule has 3 saturated carbocycles. The lowest BCUT2D eigenvalue weighted by atomic mass is 9.57. The number of aryl methyl sites for hydroxylation is 3. The summed E-state index contributed by atoms with van der Waals surface area (Å²) < 4.78 is 102. The minimum absolute atomic E-state index is 0.197. The lowest BCUT2D eigenvalue weighted by molar-refractivity contribution is -0.0696. The summed E-state index contributed by atoms with van der Waals surface area (Å²) in [5.74, 6) is 0.326. The van der Waals surface area contributed by atoms with Gasteiger partial charge in [-0.05, 0) is 293 Å². The first-order chi connectivity index (χ1) is 57.3. The summed E-state index contributed by atoms with van der Waals surface area (Å²) in [6.45, 7) is 12.2. The number of aliphatic hydroxyl groups excluding tert-OH is 3. The number of anilines is 3. The fourth-order valence-corrected chi connectivity index (χ4v) is 24.9. The number of amides is 3. The Morgan fingerprint density at radius 1 is 0.383 bits per heavy atom. The summed E-state index contributed by atoms with van der Waals surface area (Å²) in [6, 6.07) is 34.0. The third-order valence-electron chi connectivity index (χ3n) is 29.4.